The summed E-state index contributed by atoms with van der Waals surface area (Å²) in [4.78, 5) is 17.9. The zero-order valence-electron chi connectivity index (χ0n) is 22.5. The Kier molecular flexibility index (Phi) is 8.87. The van der Waals surface area contributed by atoms with Crippen molar-refractivity contribution in [3.63, 3.8) is 0 Å². The lowest BCUT2D eigenvalue weighted by Gasteiger charge is -2.28. The molecule has 4 aromatic rings. The average Bonchev–Trinajstić information content (AvgIpc) is 3.34. The molecule has 1 N–H and O–H groups in total. The van der Waals surface area contributed by atoms with Crippen LogP contribution in [0.1, 0.15) is 43.5 Å². The third kappa shape index (κ3) is 6.53. The second-order valence-corrected chi connectivity index (χ2v) is 11.4. The highest BCUT2D eigenvalue weighted by Gasteiger charge is 2.35. The number of hydrogen-bond acceptors (Lipinski definition) is 7. The summed E-state index contributed by atoms with van der Waals surface area (Å²) in [5.74, 6) is 0.696. The second-order valence-electron chi connectivity index (χ2n) is 9.62. The number of fused-ring (bicyclic) bond motifs is 1. The lowest BCUT2D eigenvalue weighted by atomic mass is 9.95. The molecule has 1 aliphatic rings. The highest BCUT2D eigenvalue weighted by Crippen LogP contribution is 2.38. The Morgan fingerprint density at radius 3 is 2.46 bits per heavy atom. The van der Waals surface area contributed by atoms with Gasteiger partial charge < -0.3 is 14.8 Å². The van der Waals surface area contributed by atoms with Crippen molar-refractivity contribution in [2.75, 3.05) is 5.32 Å². The zero-order chi connectivity index (χ0) is 29.1. The van der Waals surface area contributed by atoms with E-state index in [1.807, 2.05) is 24.3 Å². The Hall–Kier alpha value is -3.53. The van der Waals surface area contributed by atoms with Gasteiger partial charge in [-0.1, -0.05) is 71.4 Å². The fourth-order valence-electron chi connectivity index (χ4n) is 4.37. The van der Waals surface area contributed by atoms with Crippen LogP contribution in [0.5, 0.6) is 5.75 Å². The Morgan fingerprint density at radius 2 is 1.78 bits per heavy atom. The highest BCUT2D eigenvalue weighted by atomic mass is 35.5. The smallest absolute Gasteiger partial charge is 0.338 e. The first kappa shape index (κ1) is 29.0. The SMILES string of the molecule is CC1=C(C(=O)OC(C)C)C(c2ccc(OCc3c(Cl)cccc3Cl)cc2)n2nc(SCc3ccccc3F)nc2N1. The van der Waals surface area contributed by atoms with Crippen LogP contribution >= 0.6 is 35.0 Å². The number of thioether (sulfide) groups is 1. The topological polar surface area (TPSA) is 78.3 Å². The van der Waals surface area contributed by atoms with Crippen LogP contribution in [0.4, 0.5) is 10.3 Å². The van der Waals surface area contributed by atoms with Gasteiger partial charge in [-0.05, 0) is 62.2 Å². The standard InChI is InChI=1S/C30H27Cl2FN4O3S/c1-17(2)40-28(38)26-18(3)34-29-35-30(41-16-20-7-4-5-10-25(20)33)36-37(29)27(26)19-11-13-21(14-12-19)39-15-22-23(31)8-6-9-24(22)32/h4-14,17,27H,15-16H2,1-3H3,(H,34,35,36). The third-order valence-corrected chi connectivity index (χ3v) is 7.95. The summed E-state index contributed by atoms with van der Waals surface area (Å²) in [5, 5.41) is 9.39. The number of aromatic nitrogens is 3. The van der Waals surface area contributed by atoms with E-state index in [1.165, 1.54) is 17.8 Å². The number of ether oxygens (including phenoxy) is 2. The quantitative estimate of drug-likeness (QED) is 0.152. The van der Waals surface area contributed by atoms with E-state index in [-0.39, 0.29) is 18.5 Å². The maximum Gasteiger partial charge on any atom is 0.338 e. The normalized spacial score (nSPS) is 14.6. The molecule has 1 unspecified atom stereocenters. The lowest BCUT2D eigenvalue weighted by Crippen LogP contribution is -2.30. The molecule has 0 saturated carbocycles. The predicted molar refractivity (Wildman–Crippen MR) is 159 cm³/mol. The van der Waals surface area contributed by atoms with Gasteiger partial charge in [0.1, 0.15) is 24.2 Å². The first-order chi connectivity index (χ1) is 19.7. The molecule has 41 heavy (non-hydrogen) atoms. The molecule has 1 aliphatic heterocycles. The summed E-state index contributed by atoms with van der Waals surface area (Å²) in [6, 6.07) is 18.7. The second kappa shape index (κ2) is 12.5. The fourth-order valence-corrected chi connectivity index (χ4v) is 5.69. The van der Waals surface area contributed by atoms with Crippen molar-refractivity contribution in [1.29, 1.82) is 0 Å². The van der Waals surface area contributed by atoms with Crippen molar-refractivity contribution in [2.24, 2.45) is 0 Å². The molecule has 0 amide bonds. The third-order valence-electron chi connectivity index (χ3n) is 6.35. The van der Waals surface area contributed by atoms with Crippen LogP contribution in [-0.2, 0) is 21.9 Å². The van der Waals surface area contributed by atoms with Crippen LogP contribution < -0.4 is 10.1 Å². The van der Waals surface area contributed by atoms with Gasteiger partial charge in [0, 0.05) is 27.1 Å². The van der Waals surface area contributed by atoms with Gasteiger partial charge in [-0.3, -0.25) is 0 Å². The van der Waals surface area contributed by atoms with Crippen LogP contribution in [0, 0.1) is 5.82 Å². The maximum absolute atomic E-state index is 14.2. The number of nitrogens with one attached hydrogen (secondary N) is 1. The largest absolute Gasteiger partial charge is 0.489 e. The molecule has 7 nitrogen and oxygen atoms in total. The molecule has 0 aliphatic carbocycles. The number of anilines is 1. The van der Waals surface area contributed by atoms with Crippen molar-refractivity contribution < 1.29 is 18.7 Å². The first-order valence-corrected chi connectivity index (χ1v) is 14.6. The molecule has 0 spiro atoms. The fraction of sp³-hybridized carbons (Fsp3) is 0.233. The summed E-state index contributed by atoms with van der Waals surface area (Å²) in [7, 11) is 0. The maximum atomic E-state index is 14.2. The molecule has 1 atom stereocenters. The van der Waals surface area contributed by atoms with Crippen LogP contribution in [-0.4, -0.2) is 26.8 Å². The van der Waals surface area contributed by atoms with Crippen molar-refractivity contribution in [3.8, 4) is 5.75 Å². The highest BCUT2D eigenvalue weighted by molar-refractivity contribution is 7.98. The summed E-state index contributed by atoms with van der Waals surface area (Å²) in [6.45, 7) is 5.61. The van der Waals surface area contributed by atoms with Crippen LogP contribution in [0.25, 0.3) is 0 Å². The van der Waals surface area contributed by atoms with Gasteiger partial charge in [-0.15, -0.1) is 5.10 Å². The molecule has 212 valence electrons. The summed E-state index contributed by atoms with van der Waals surface area (Å²) < 4.78 is 27.4. The molecule has 0 radical (unpaired) electrons. The molecule has 11 heteroatoms. The number of carbonyl (C=O) groups is 1. The minimum atomic E-state index is -0.611. The van der Waals surface area contributed by atoms with Crippen LogP contribution in [0.2, 0.25) is 10.0 Å². The number of nitrogens with zero attached hydrogens (tertiary/aromatic N) is 3. The molecule has 0 saturated heterocycles. The average molecular weight is 614 g/mol. The number of rotatable bonds is 9. The molecule has 0 bridgehead atoms. The van der Waals surface area contributed by atoms with Gasteiger partial charge in [0.15, 0.2) is 0 Å². The van der Waals surface area contributed by atoms with Crippen molar-refractivity contribution in [2.45, 2.75) is 50.4 Å². The van der Waals surface area contributed by atoms with E-state index < -0.39 is 12.0 Å². The van der Waals surface area contributed by atoms with E-state index in [1.54, 1.807) is 61.9 Å². The monoisotopic (exact) mass is 612 g/mol. The molecular weight excluding hydrogens is 586 g/mol. The van der Waals surface area contributed by atoms with Crippen LogP contribution in [0.15, 0.2) is 83.2 Å². The molecular formula is C30H27Cl2FN4O3S. The predicted octanol–water partition coefficient (Wildman–Crippen LogP) is 7.84. The number of halogens is 3. The number of allylic oxidation sites excluding steroid dienone is 1. The van der Waals surface area contributed by atoms with Crippen molar-refractivity contribution in [1.82, 2.24) is 14.8 Å². The lowest BCUT2D eigenvalue weighted by molar-refractivity contribution is -0.143. The van der Waals surface area contributed by atoms with E-state index in [2.05, 4.69) is 10.3 Å². The van der Waals surface area contributed by atoms with Gasteiger partial charge in [0.25, 0.3) is 0 Å². The Balaban J connectivity index is 1.43. The van der Waals surface area contributed by atoms with Gasteiger partial charge in [0.05, 0.1) is 11.7 Å². The van der Waals surface area contributed by atoms with Gasteiger partial charge >= 0.3 is 5.97 Å². The van der Waals surface area contributed by atoms with Crippen molar-refractivity contribution >= 4 is 46.9 Å². The number of esters is 1. The number of hydrogen-bond donors (Lipinski definition) is 1. The number of carbonyl (C=O) groups excluding carboxylic acids is 1. The first-order valence-electron chi connectivity index (χ1n) is 12.9. The Morgan fingerprint density at radius 1 is 1.07 bits per heavy atom. The zero-order valence-corrected chi connectivity index (χ0v) is 24.9. The Labute approximate surface area is 251 Å². The minimum Gasteiger partial charge on any atom is -0.489 e. The summed E-state index contributed by atoms with van der Waals surface area (Å²) >= 11 is 13.9. The van der Waals surface area contributed by atoms with E-state index in [0.29, 0.717) is 55.0 Å². The van der Waals surface area contributed by atoms with E-state index in [9.17, 15) is 9.18 Å². The van der Waals surface area contributed by atoms with Crippen LogP contribution in [0.3, 0.4) is 0 Å². The summed E-state index contributed by atoms with van der Waals surface area (Å²) in [5.41, 5.74) is 3.06. The number of benzene rings is 3. The molecule has 0 fully saturated rings. The van der Waals surface area contributed by atoms with E-state index in [0.717, 1.165) is 5.56 Å². The van der Waals surface area contributed by atoms with E-state index >= 15 is 0 Å². The molecule has 3 aromatic carbocycles. The Bertz CT molecular complexity index is 1590. The van der Waals surface area contributed by atoms with E-state index in [4.69, 9.17) is 37.8 Å². The minimum absolute atomic E-state index is 0.200. The van der Waals surface area contributed by atoms with Gasteiger partial charge in [-0.2, -0.15) is 4.98 Å². The van der Waals surface area contributed by atoms with Gasteiger partial charge in [0.2, 0.25) is 11.1 Å². The molecule has 5 rings (SSSR count). The summed E-state index contributed by atoms with van der Waals surface area (Å²) in [6.07, 6.45) is -0.306. The molecule has 1 aromatic heterocycles. The molecule has 2 heterocycles. The van der Waals surface area contributed by atoms with Crippen molar-refractivity contribution in [3.05, 3.63) is 111 Å². The van der Waals surface area contributed by atoms with Gasteiger partial charge in [-0.25, -0.2) is 13.9 Å².